The van der Waals surface area contributed by atoms with Crippen molar-refractivity contribution in [2.75, 3.05) is 13.2 Å². The van der Waals surface area contributed by atoms with E-state index in [2.05, 4.69) is 20.8 Å². The maximum absolute atomic E-state index is 12.9. The van der Waals surface area contributed by atoms with Gasteiger partial charge in [-0.1, -0.05) is 361 Å². The predicted molar refractivity (Wildman–Crippen MR) is 321 cm³/mol. The molecule has 0 saturated carbocycles. The third kappa shape index (κ3) is 61.3. The molecule has 0 fully saturated rings. The van der Waals surface area contributed by atoms with E-state index in [0.29, 0.717) is 19.3 Å². The summed E-state index contributed by atoms with van der Waals surface area (Å²) in [5, 5.41) is 0. The second-order valence-corrected chi connectivity index (χ2v) is 23.5. The number of ether oxygens (including phenoxy) is 3. The molecule has 0 heterocycles. The van der Waals surface area contributed by atoms with E-state index < -0.39 is 6.10 Å². The quantitative estimate of drug-likeness (QED) is 0.0343. The van der Waals surface area contributed by atoms with E-state index in [-0.39, 0.29) is 31.1 Å². The zero-order valence-corrected chi connectivity index (χ0v) is 50.7. The Bertz CT molecular complexity index is 1110. The van der Waals surface area contributed by atoms with Crippen molar-refractivity contribution < 1.29 is 28.6 Å². The average molecular weight is 1050 g/mol. The van der Waals surface area contributed by atoms with E-state index in [4.69, 9.17) is 14.2 Å². The third-order valence-electron chi connectivity index (χ3n) is 15.9. The molecule has 0 N–H and O–H groups in total. The van der Waals surface area contributed by atoms with Crippen LogP contribution in [-0.4, -0.2) is 37.2 Å². The summed E-state index contributed by atoms with van der Waals surface area (Å²) in [6.45, 7) is 6.73. The van der Waals surface area contributed by atoms with E-state index in [9.17, 15) is 14.4 Å². The maximum atomic E-state index is 12.9. The number of unbranched alkanes of at least 4 members (excludes halogenated alkanes) is 53. The Kier molecular flexibility index (Phi) is 62.6. The van der Waals surface area contributed by atoms with Gasteiger partial charge in [0.25, 0.3) is 0 Å². The molecule has 0 aliphatic heterocycles. The minimum atomic E-state index is -0.762. The fourth-order valence-corrected chi connectivity index (χ4v) is 10.7. The van der Waals surface area contributed by atoms with Gasteiger partial charge >= 0.3 is 17.9 Å². The lowest BCUT2D eigenvalue weighted by Crippen LogP contribution is -2.30. The number of esters is 3. The molecule has 0 aliphatic rings. The van der Waals surface area contributed by atoms with Crippen LogP contribution in [0.25, 0.3) is 0 Å². The molecule has 0 spiro atoms. The SMILES string of the molecule is CCCCCCCCCCCCCCCCCCCCCCCCCCC(=O)OCC(COC(=O)CCCCCCCCCCCCCC)OC(=O)CCCCCCCCCCCCCCCCCCCCCC. The first-order valence-corrected chi connectivity index (χ1v) is 34.0. The molecular weight excluding hydrogens is 913 g/mol. The van der Waals surface area contributed by atoms with Gasteiger partial charge < -0.3 is 14.2 Å². The van der Waals surface area contributed by atoms with Crippen molar-refractivity contribution in [3.8, 4) is 0 Å². The zero-order chi connectivity index (χ0) is 53.6. The largest absolute Gasteiger partial charge is 0.462 e. The van der Waals surface area contributed by atoms with Crippen molar-refractivity contribution in [1.29, 1.82) is 0 Å². The molecule has 0 amide bonds. The Morgan fingerprint density at radius 3 is 0.541 bits per heavy atom. The van der Waals surface area contributed by atoms with Crippen LogP contribution in [0.5, 0.6) is 0 Å². The Morgan fingerprint density at radius 2 is 0.365 bits per heavy atom. The summed E-state index contributed by atoms with van der Waals surface area (Å²) in [6, 6.07) is 0. The molecular formula is C68H132O6. The molecule has 6 nitrogen and oxygen atoms in total. The molecule has 0 radical (unpaired) electrons. The van der Waals surface area contributed by atoms with Gasteiger partial charge in [0.1, 0.15) is 13.2 Å². The Balaban J connectivity index is 4.18. The third-order valence-corrected chi connectivity index (χ3v) is 15.9. The molecule has 6 heteroatoms. The van der Waals surface area contributed by atoms with Crippen molar-refractivity contribution in [3.05, 3.63) is 0 Å². The molecule has 0 saturated heterocycles. The van der Waals surface area contributed by atoms with Gasteiger partial charge in [0.05, 0.1) is 0 Å². The summed E-state index contributed by atoms with van der Waals surface area (Å²) in [5.41, 5.74) is 0. The van der Waals surface area contributed by atoms with Crippen LogP contribution < -0.4 is 0 Å². The average Bonchev–Trinajstić information content (AvgIpc) is 3.40. The minimum Gasteiger partial charge on any atom is -0.462 e. The first-order valence-electron chi connectivity index (χ1n) is 34.0. The van der Waals surface area contributed by atoms with Gasteiger partial charge in [-0.2, -0.15) is 0 Å². The molecule has 0 rings (SSSR count). The van der Waals surface area contributed by atoms with Crippen LogP contribution in [0.4, 0.5) is 0 Å². The molecule has 440 valence electrons. The van der Waals surface area contributed by atoms with Crippen molar-refractivity contribution in [3.63, 3.8) is 0 Å². The van der Waals surface area contributed by atoms with Gasteiger partial charge in [-0.15, -0.1) is 0 Å². The summed E-state index contributed by atoms with van der Waals surface area (Å²) >= 11 is 0. The van der Waals surface area contributed by atoms with E-state index in [1.165, 1.54) is 302 Å². The van der Waals surface area contributed by atoms with Gasteiger partial charge in [0.15, 0.2) is 6.10 Å². The molecule has 74 heavy (non-hydrogen) atoms. The van der Waals surface area contributed by atoms with Gasteiger partial charge in [-0.05, 0) is 19.3 Å². The highest BCUT2D eigenvalue weighted by Crippen LogP contribution is 2.19. The van der Waals surface area contributed by atoms with Crippen LogP contribution >= 0.6 is 0 Å². The number of hydrogen-bond acceptors (Lipinski definition) is 6. The van der Waals surface area contributed by atoms with E-state index in [1.807, 2.05) is 0 Å². The lowest BCUT2D eigenvalue weighted by molar-refractivity contribution is -0.167. The summed E-state index contributed by atoms with van der Waals surface area (Å²) in [7, 11) is 0. The smallest absolute Gasteiger partial charge is 0.306 e. The molecule has 0 aliphatic carbocycles. The van der Waals surface area contributed by atoms with Crippen LogP contribution in [0.15, 0.2) is 0 Å². The summed E-state index contributed by atoms with van der Waals surface area (Å²) in [5.74, 6) is -0.823. The molecule has 0 aromatic heterocycles. The summed E-state index contributed by atoms with van der Waals surface area (Å²) in [6.07, 6.45) is 74.1. The lowest BCUT2D eigenvalue weighted by atomic mass is 10.0. The lowest BCUT2D eigenvalue weighted by Gasteiger charge is -2.18. The van der Waals surface area contributed by atoms with E-state index >= 15 is 0 Å². The standard InChI is InChI=1S/C68H132O6/c1-4-7-10-13-16-19-22-25-27-29-31-33-34-35-36-38-39-41-43-46-49-52-55-58-61-67(70)73-64-65(63-72-66(69)60-57-54-51-48-45-24-21-18-15-12-9-6-3)74-68(71)62-59-56-53-50-47-44-42-40-37-32-30-28-26-23-20-17-14-11-8-5-2/h65H,4-64H2,1-3H3. The Labute approximate surface area is 463 Å². The topological polar surface area (TPSA) is 78.9 Å². The second-order valence-electron chi connectivity index (χ2n) is 23.5. The van der Waals surface area contributed by atoms with Crippen LogP contribution in [0.3, 0.4) is 0 Å². The molecule has 1 unspecified atom stereocenters. The van der Waals surface area contributed by atoms with Gasteiger partial charge in [-0.25, -0.2) is 0 Å². The molecule has 0 aromatic rings. The highest BCUT2D eigenvalue weighted by atomic mass is 16.6. The van der Waals surface area contributed by atoms with E-state index in [0.717, 1.165) is 57.8 Å². The van der Waals surface area contributed by atoms with Crippen LogP contribution in [0.2, 0.25) is 0 Å². The van der Waals surface area contributed by atoms with E-state index in [1.54, 1.807) is 0 Å². The van der Waals surface area contributed by atoms with Gasteiger partial charge in [0.2, 0.25) is 0 Å². The van der Waals surface area contributed by atoms with Gasteiger partial charge in [0, 0.05) is 19.3 Å². The van der Waals surface area contributed by atoms with Crippen molar-refractivity contribution >= 4 is 17.9 Å². The normalized spacial score (nSPS) is 11.9. The summed E-state index contributed by atoms with van der Waals surface area (Å²) < 4.78 is 17.0. The minimum absolute atomic E-state index is 0.0604. The van der Waals surface area contributed by atoms with Crippen LogP contribution in [0, 0.1) is 0 Å². The zero-order valence-electron chi connectivity index (χ0n) is 50.7. The Hall–Kier alpha value is -1.59. The maximum Gasteiger partial charge on any atom is 0.306 e. The van der Waals surface area contributed by atoms with Crippen LogP contribution in [-0.2, 0) is 28.6 Å². The van der Waals surface area contributed by atoms with Crippen LogP contribution in [0.1, 0.15) is 400 Å². The molecule has 1 atom stereocenters. The van der Waals surface area contributed by atoms with Gasteiger partial charge in [-0.3, -0.25) is 14.4 Å². The van der Waals surface area contributed by atoms with Crippen molar-refractivity contribution in [2.45, 2.75) is 406 Å². The monoisotopic (exact) mass is 1050 g/mol. The first-order chi connectivity index (χ1) is 36.5. The highest BCUT2D eigenvalue weighted by Gasteiger charge is 2.19. The predicted octanol–water partition coefficient (Wildman–Crippen LogP) is 23.1. The number of rotatable bonds is 64. The van der Waals surface area contributed by atoms with Crippen molar-refractivity contribution in [1.82, 2.24) is 0 Å². The molecule has 0 bridgehead atoms. The Morgan fingerprint density at radius 1 is 0.216 bits per heavy atom. The fourth-order valence-electron chi connectivity index (χ4n) is 10.7. The summed E-state index contributed by atoms with van der Waals surface area (Å²) in [4.78, 5) is 38.3. The highest BCUT2D eigenvalue weighted by molar-refractivity contribution is 5.71. The second kappa shape index (κ2) is 63.9. The molecule has 0 aromatic carbocycles. The first kappa shape index (κ1) is 72.4. The van der Waals surface area contributed by atoms with Crippen molar-refractivity contribution in [2.24, 2.45) is 0 Å². The number of carbonyl (C=O) groups is 3. The number of hydrogen-bond donors (Lipinski definition) is 0. The number of carbonyl (C=O) groups excluding carboxylic acids is 3. The fraction of sp³-hybridized carbons (Fsp3) is 0.956.